The van der Waals surface area contributed by atoms with Gasteiger partial charge in [-0.05, 0) is 23.7 Å². The van der Waals surface area contributed by atoms with Gasteiger partial charge in [-0.2, -0.15) is 0 Å². The van der Waals surface area contributed by atoms with E-state index >= 15 is 0 Å². The van der Waals surface area contributed by atoms with Crippen molar-refractivity contribution in [1.29, 1.82) is 0 Å². The van der Waals surface area contributed by atoms with Gasteiger partial charge in [0, 0.05) is 12.3 Å². The van der Waals surface area contributed by atoms with Crippen LogP contribution in [0, 0.1) is 18.3 Å². The van der Waals surface area contributed by atoms with Crippen LogP contribution in [0.4, 0.5) is 4.79 Å². The zero-order valence-corrected chi connectivity index (χ0v) is 19.6. The van der Waals surface area contributed by atoms with Gasteiger partial charge in [-0.3, -0.25) is 4.90 Å². The third kappa shape index (κ3) is 5.32. The first-order valence-corrected chi connectivity index (χ1v) is 13.2. The molecule has 29 heavy (non-hydrogen) atoms. The maximum Gasteiger partial charge on any atom is 0.411 e. The van der Waals surface area contributed by atoms with E-state index in [0.717, 1.165) is 5.56 Å². The van der Waals surface area contributed by atoms with Gasteiger partial charge in [0.1, 0.15) is 6.61 Å². The molecule has 1 aromatic carbocycles. The van der Waals surface area contributed by atoms with Crippen LogP contribution in [0.2, 0.25) is 18.1 Å². The highest BCUT2D eigenvalue weighted by molar-refractivity contribution is 6.74. The van der Waals surface area contributed by atoms with Crippen molar-refractivity contribution in [1.82, 2.24) is 4.90 Å². The van der Waals surface area contributed by atoms with Crippen LogP contribution in [-0.2, 0) is 15.8 Å². The topological polar surface area (TPSA) is 38.8 Å². The molecule has 5 heteroatoms. The summed E-state index contributed by atoms with van der Waals surface area (Å²) in [6.45, 7) is 17.5. The number of nitrogens with zero attached hydrogens (tertiary/aromatic N) is 1. The number of piperidine rings is 1. The molecule has 1 amide bonds. The van der Waals surface area contributed by atoms with E-state index in [1.807, 2.05) is 30.3 Å². The molecule has 1 aliphatic heterocycles. The first kappa shape index (κ1) is 23.2. The van der Waals surface area contributed by atoms with Crippen molar-refractivity contribution in [3.63, 3.8) is 0 Å². The van der Waals surface area contributed by atoms with Crippen LogP contribution in [0.5, 0.6) is 0 Å². The number of amides is 1. The lowest BCUT2D eigenvalue weighted by molar-refractivity contribution is -0.00662. The van der Waals surface area contributed by atoms with E-state index in [-0.39, 0.29) is 35.8 Å². The number of ether oxygens (including phenoxy) is 1. The molecular weight excluding hydrogens is 378 g/mol. The second kappa shape index (κ2) is 9.19. The monoisotopic (exact) mass is 413 g/mol. The van der Waals surface area contributed by atoms with Crippen LogP contribution in [0.15, 0.2) is 43.0 Å². The van der Waals surface area contributed by atoms with Crippen molar-refractivity contribution in [3.05, 3.63) is 48.6 Å². The van der Waals surface area contributed by atoms with Gasteiger partial charge in [0.2, 0.25) is 0 Å². The first-order chi connectivity index (χ1) is 13.5. The van der Waals surface area contributed by atoms with Crippen LogP contribution in [0.25, 0.3) is 0 Å². The Balaban J connectivity index is 2.17. The maximum atomic E-state index is 12.9. The molecule has 0 bridgehead atoms. The van der Waals surface area contributed by atoms with Crippen LogP contribution in [0.1, 0.15) is 39.7 Å². The third-order valence-corrected chi connectivity index (χ3v) is 10.8. The Labute approximate surface area is 177 Å². The van der Waals surface area contributed by atoms with Gasteiger partial charge in [-0.25, -0.2) is 4.79 Å². The van der Waals surface area contributed by atoms with Gasteiger partial charge in [0.15, 0.2) is 8.32 Å². The highest BCUT2D eigenvalue weighted by atomic mass is 28.4. The summed E-state index contributed by atoms with van der Waals surface area (Å²) < 4.78 is 12.3. The van der Waals surface area contributed by atoms with Crippen molar-refractivity contribution in [2.75, 3.05) is 0 Å². The Kier molecular flexibility index (Phi) is 7.37. The molecule has 2 rings (SSSR count). The zero-order chi connectivity index (χ0) is 21.8. The molecule has 0 unspecified atom stereocenters. The first-order valence-electron chi connectivity index (χ1n) is 10.3. The summed E-state index contributed by atoms with van der Waals surface area (Å²) in [4.78, 5) is 14.6. The maximum absolute atomic E-state index is 12.9. The van der Waals surface area contributed by atoms with Gasteiger partial charge >= 0.3 is 6.09 Å². The predicted molar refractivity (Wildman–Crippen MR) is 121 cm³/mol. The molecule has 1 aliphatic rings. The average Bonchev–Trinajstić information content (AvgIpc) is 2.66. The minimum Gasteiger partial charge on any atom is -0.445 e. The number of rotatable bonds is 5. The molecule has 0 radical (unpaired) electrons. The number of benzene rings is 1. The van der Waals surface area contributed by atoms with E-state index < -0.39 is 14.4 Å². The predicted octanol–water partition coefficient (Wildman–Crippen LogP) is 5.61. The summed E-state index contributed by atoms with van der Waals surface area (Å²) in [7, 11) is -1.96. The lowest BCUT2D eigenvalue weighted by Gasteiger charge is -2.49. The van der Waals surface area contributed by atoms with E-state index in [2.05, 4.69) is 53.3 Å². The number of terminal acetylenes is 1. The van der Waals surface area contributed by atoms with Gasteiger partial charge in [0.05, 0.1) is 18.2 Å². The highest BCUT2D eigenvalue weighted by Crippen LogP contribution is 2.41. The summed E-state index contributed by atoms with van der Waals surface area (Å²) in [6.07, 6.45) is 7.81. The Bertz CT molecular complexity index is 748. The second-order valence-corrected chi connectivity index (χ2v) is 14.1. The summed E-state index contributed by atoms with van der Waals surface area (Å²) in [5.41, 5.74) is 0.942. The fourth-order valence-electron chi connectivity index (χ4n) is 3.46. The molecule has 4 nitrogen and oxygen atoms in total. The molecule has 0 saturated carbocycles. The van der Waals surface area contributed by atoms with E-state index in [0.29, 0.717) is 6.42 Å². The molecule has 0 spiro atoms. The van der Waals surface area contributed by atoms with Crippen LogP contribution in [0.3, 0.4) is 0 Å². The molecule has 0 aliphatic carbocycles. The number of hydrogen-bond acceptors (Lipinski definition) is 3. The number of carbonyl (C=O) groups excluding carboxylic acids is 1. The Morgan fingerprint density at radius 2 is 1.97 bits per heavy atom. The minimum absolute atomic E-state index is 0.0156. The van der Waals surface area contributed by atoms with Crippen LogP contribution >= 0.6 is 0 Å². The minimum atomic E-state index is -1.96. The average molecular weight is 414 g/mol. The van der Waals surface area contributed by atoms with E-state index in [9.17, 15) is 4.79 Å². The number of carbonyl (C=O) groups is 1. The lowest BCUT2D eigenvalue weighted by Crippen LogP contribution is -2.59. The van der Waals surface area contributed by atoms with Gasteiger partial charge in [-0.15, -0.1) is 13.0 Å². The Morgan fingerprint density at radius 3 is 2.48 bits per heavy atom. The van der Waals surface area contributed by atoms with Crippen molar-refractivity contribution in [2.24, 2.45) is 5.92 Å². The lowest BCUT2D eigenvalue weighted by atomic mass is 9.84. The molecule has 1 aromatic rings. The normalized spacial score (nSPS) is 25.2. The van der Waals surface area contributed by atoms with Crippen molar-refractivity contribution in [3.8, 4) is 12.3 Å². The zero-order valence-electron chi connectivity index (χ0n) is 18.6. The third-order valence-electron chi connectivity index (χ3n) is 6.34. The van der Waals surface area contributed by atoms with Gasteiger partial charge in [0.25, 0.3) is 0 Å². The number of hydrogen-bond donors (Lipinski definition) is 0. The van der Waals surface area contributed by atoms with E-state index in [1.54, 1.807) is 11.0 Å². The quantitative estimate of drug-likeness (QED) is 0.358. The fourth-order valence-corrected chi connectivity index (χ4v) is 4.88. The van der Waals surface area contributed by atoms with E-state index in [4.69, 9.17) is 15.6 Å². The highest BCUT2D eigenvalue weighted by Gasteiger charge is 2.47. The smallest absolute Gasteiger partial charge is 0.411 e. The standard InChI is InChI=1S/C24H35NO3Si/c1-9-20-16-22(28-29(7,8)24(4,5)6)18(3)21(10-2)25(20)23(26)27-17-19-14-12-11-13-15-19/h1,10-15,18,20-22H,2,16-17H2,3-8H3/t18-,20+,21-,22+/m1/s1. The van der Waals surface area contributed by atoms with Crippen molar-refractivity contribution in [2.45, 2.75) is 77.0 Å². The second-order valence-electron chi connectivity index (χ2n) is 9.37. The summed E-state index contributed by atoms with van der Waals surface area (Å²) >= 11 is 0. The van der Waals surface area contributed by atoms with Gasteiger partial charge < -0.3 is 9.16 Å². The number of likely N-dealkylation sites (tertiary alicyclic amines) is 1. The summed E-state index contributed by atoms with van der Waals surface area (Å²) in [5, 5.41) is 0.105. The molecule has 0 aromatic heterocycles. The Morgan fingerprint density at radius 1 is 1.34 bits per heavy atom. The fraction of sp³-hybridized carbons (Fsp3) is 0.542. The van der Waals surface area contributed by atoms with Gasteiger partial charge in [-0.1, -0.05) is 70.0 Å². The van der Waals surface area contributed by atoms with Crippen LogP contribution < -0.4 is 0 Å². The Hall–Kier alpha value is -2.03. The molecule has 1 saturated heterocycles. The molecule has 4 atom stereocenters. The molecule has 1 heterocycles. The van der Waals surface area contributed by atoms with Crippen molar-refractivity contribution < 1.29 is 14.0 Å². The summed E-state index contributed by atoms with van der Waals surface area (Å²) in [6, 6.07) is 9.02. The van der Waals surface area contributed by atoms with E-state index in [1.165, 1.54) is 0 Å². The summed E-state index contributed by atoms with van der Waals surface area (Å²) in [5.74, 6) is 2.86. The molecule has 1 fully saturated rings. The molecule has 0 N–H and O–H groups in total. The molecular formula is C24H35NO3Si. The van der Waals surface area contributed by atoms with Crippen molar-refractivity contribution >= 4 is 14.4 Å². The SMILES string of the molecule is C#C[C@H]1C[C@H](O[Si](C)(C)C(C)(C)C)[C@H](C)[C@@H](C=C)N1C(=O)OCc1ccccc1. The van der Waals surface area contributed by atoms with Crippen LogP contribution in [-0.4, -0.2) is 37.5 Å². The molecule has 158 valence electrons. The largest absolute Gasteiger partial charge is 0.445 e.